The average Bonchev–Trinajstić information content (AvgIpc) is 2.81. The molecule has 0 amide bonds. The van der Waals surface area contributed by atoms with E-state index in [4.69, 9.17) is 0 Å². The molecular formula is C11H9BrN2O2. The lowest BCUT2D eigenvalue weighted by Gasteiger charge is -2.04. The first-order chi connectivity index (χ1) is 7.72. The van der Waals surface area contributed by atoms with E-state index in [0.29, 0.717) is 5.56 Å². The molecule has 1 heterocycles. The molecule has 0 aliphatic rings. The lowest BCUT2D eigenvalue weighted by Crippen LogP contribution is -2.01. The fourth-order valence-electron chi connectivity index (χ4n) is 1.36. The van der Waals surface area contributed by atoms with Crippen LogP contribution in [0.1, 0.15) is 10.4 Å². The number of nitrogens with zero attached hydrogens (tertiary/aromatic N) is 1. The van der Waals surface area contributed by atoms with Crippen LogP contribution in [-0.4, -0.2) is 23.0 Å². The summed E-state index contributed by atoms with van der Waals surface area (Å²) in [5.41, 5.74) is 1.40. The molecule has 2 rings (SSSR count). The molecule has 0 saturated carbocycles. The van der Waals surface area contributed by atoms with E-state index in [1.165, 1.54) is 7.11 Å². The number of nitrogens with one attached hydrogen (secondary N) is 1. The lowest BCUT2D eigenvalue weighted by atomic mass is 10.1. The van der Waals surface area contributed by atoms with Crippen molar-refractivity contribution in [2.24, 2.45) is 0 Å². The Kier molecular flexibility index (Phi) is 3.05. The van der Waals surface area contributed by atoms with Gasteiger partial charge in [0, 0.05) is 22.4 Å². The second-order valence-corrected chi connectivity index (χ2v) is 3.98. The van der Waals surface area contributed by atoms with E-state index in [1.807, 2.05) is 6.07 Å². The van der Waals surface area contributed by atoms with Crippen LogP contribution in [0.2, 0.25) is 0 Å². The summed E-state index contributed by atoms with van der Waals surface area (Å²) < 4.78 is 5.44. The Morgan fingerprint density at radius 3 is 2.88 bits per heavy atom. The van der Waals surface area contributed by atoms with Gasteiger partial charge in [-0.05, 0) is 18.2 Å². The summed E-state index contributed by atoms with van der Waals surface area (Å²) in [4.78, 5) is 18.4. The van der Waals surface area contributed by atoms with Crippen molar-refractivity contribution in [1.82, 2.24) is 9.97 Å². The zero-order chi connectivity index (χ0) is 11.5. The maximum absolute atomic E-state index is 11.3. The third-order valence-electron chi connectivity index (χ3n) is 2.14. The molecule has 0 radical (unpaired) electrons. The smallest absolute Gasteiger partial charge is 0.337 e. The number of hydrogen-bond donors (Lipinski definition) is 1. The highest BCUT2D eigenvalue weighted by Gasteiger charge is 2.10. The summed E-state index contributed by atoms with van der Waals surface area (Å²) in [5, 5.41) is 0. The molecule has 82 valence electrons. The second kappa shape index (κ2) is 4.49. The first-order valence-electron chi connectivity index (χ1n) is 4.60. The largest absolute Gasteiger partial charge is 0.465 e. The molecule has 1 aromatic heterocycles. The molecule has 0 aliphatic carbocycles. The molecule has 0 atom stereocenters. The Labute approximate surface area is 101 Å². The number of ether oxygens (including phenoxy) is 1. The molecule has 0 fully saturated rings. The van der Waals surface area contributed by atoms with Gasteiger partial charge >= 0.3 is 5.97 Å². The Hall–Kier alpha value is -1.62. The normalized spacial score (nSPS) is 10.1. The number of rotatable bonds is 2. The predicted molar refractivity (Wildman–Crippen MR) is 63.1 cm³/mol. The molecule has 1 aromatic carbocycles. The highest BCUT2D eigenvalue weighted by Crippen LogP contribution is 2.26. The van der Waals surface area contributed by atoms with E-state index < -0.39 is 0 Å². The van der Waals surface area contributed by atoms with Crippen LogP contribution in [0.25, 0.3) is 11.4 Å². The van der Waals surface area contributed by atoms with Gasteiger partial charge in [-0.25, -0.2) is 9.78 Å². The summed E-state index contributed by atoms with van der Waals surface area (Å²) in [6.45, 7) is 0. The van der Waals surface area contributed by atoms with Gasteiger partial charge in [-0.2, -0.15) is 0 Å². The van der Waals surface area contributed by atoms with Crippen LogP contribution < -0.4 is 0 Å². The minimum atomic E-state index is -0.355. The summed E-state index contributed by atoms with van der Waals surface area (Å²) >= 11 is 3.40. The van der Waals surface area contributed by atoms with Gasteiger partial charge in [0.25, 0.3) is 0 Å². The SMILES string of the molecule is COC(=O)c1ccc(-c2ncc[nH]2)c(Br)c1. The number of carbonyl (C=O) groups is 1. The fraction of sp³-hybridized carbons (Fsp3) is 0.0909. The molecular weight excluding hydrogens is 272 g/mol. The number of methoxy groups -OCH3 is 1. The highest BCUT2D eigenvalue weighted by atomic mass is 79.9. The summed E-state index contributed by atoms with van der Waals surface area (Å²) in [6.07, 6.45) is 3.42. The van der Waals surface area contributed by atoms with E-state index in [0.717, 1.165) is 15.9 Å². The number of hydrogen-bond acceptors (Lipinski definition) is 3. The lowest BCUT2D eigenvalue weighted by molar-refractivity contribution is 0.0600. The number of carbonyl (C=O) groups excluding carboxylic acids is 1. The first kappa shape index (κ1) is 10.9. The van der Waals surface area contributed by atoms with Crippen molar-refractivity contribution in [3.63, 3.8) is 0 Å². The van der Waals surface area contributed by atoms with Crippen molar-refractivity contribution in [3.8, 4) is 11.4 Å². The molecule has 0 saturated heterocycles. The summed E-state index contributed by atoms with van der Waals surface area (Å²) in [6, 6.07) is 5.23. The second-order valence-electron chi connectivity index (χ2n) is 3.12. The number of H-pyrrole nitrogens is 1. The van der Waals surface area contributed by atoms with E-state index in [9.17, 15) is 4.79 Å². The van der Waals surface area contributed by atoms with E-state index >= 15 is 0 Å². The van der Waals surface area contributed by atoms with Gasteiger partial charge in [-0.3, -0.25) is 0 Å². The number of aromatic amines is 1. The Bertz CT molecular complexity index is 509. The van der Waals surface area contributed by atoms with Crippen LogP contribution in [0.4, 0.5) is 0 Å². The predicted octanol–water partition coefficient (Wildman–Crippen LogP) is 2.63. The third kappa shape index (κ3) is 1.99. The van der Waals surface area contributed by atoms with Gasteiger partial charge in [-0.15, -0.1) is 0 Å². The average molecular weight is 281 g/mol. The zero-order valence-corrected chi connectivity index (χ0v) is 10.1. The molecule has 5 heteroatoms. The summed E-state index contributed by atoms with van der Waals surface area (Å²) in [7, 11) is 1.36. The topological polar surface area (TPSA) is 55.0 Å². The van der Waals surface area contributed by atoms with Crippen LogP contribution in [0, 0.1) is 0 Å². The molecule has 4 nitrogen and oxygen atoms in total. The van der Waals surface area contributed by atoms with Gasteiger partial charge < -0.3 is 9.72 Å². The number of benzene rings is 1. The van der Waals surface area contributed by atoms with Gasteiger partial charge in [-0.1, -0.05) is 15.9 Å². The Morgan fingerprint density at radius 1 is 1.50 bits per heavy atom. The number of imidazole rings is 1. The van der Waals surface area contributed by atoms with Gasteiger partial charge in [0.2, 0.25) is 0 Å². The molecule has 0 unspecified atom stereocenters. The van der Waals surface area contributed by atoms with E-state index in [1.54, 1.807) is 24.5 Å². The van der Waals surface area contributed by atoms with Crippen molar-refractivity contribution < 1.29 is 9.53 Å². The maximum atomic E-state index is 11.3. The standard InChI is InChI=1S/C11H9BrN2O2/c1-16-11(15)7-2-3-8(9(12)6-7)10-13-4-5-14-10/h2-6H,1H3,(H,13,14). The number of halogens is 1. The third-order valence-corrected chi connectivity index (χ3v) is 2.80. The molecule has 0 aliphatic heterocycles. The van der Waals surface area contributed by atoms with Crippen LogP contribution >= 0.6 is 15.9 Å². The molecule has 16 heavy (non-hydrogen) atoms. The number of aromatic nitrogens is 2. The van der Waals surface area contributed by atoms with Gasteiger partial charge in [0.15, 0.2) is 0 Å². The molecule has 2 aromatic rings. The highest BCUT2D eigenvalue weighted by molar-refractivity contribution is 9.10. The van der Waals surface area contributed by atoms with Crippen LogP contribution in [0.5, 0.6) is 0 Å². The minimum absolute atomic E-state index is 0.355. The monoisotopic (exact) mass is 280 g/mol. The van der Waals surface area contributed by atoms with E-state index in [2.05, 4.69) is 30.6 Å². The van der Waals surface area contributed by atoms with Crippen molar-refractivity contribution >= 4 is 21.9 Å². The maximum Gasteiger partial charge on any atom is 0.337 e. The molecule has 0 spiro atoms. The van der Waals surface area contributed by atoms with Crippen molar-refractivity contribution in [2.45, 2.75) is 0 Å². The van der Waals surface area contributed by atoms with Crippen molar-refractivity contribution in [3.05, 3.63) is 40.6 Å². The fourth-order valence-corrected chi connectivity index (χ4v) is 1.93. The van der Waals surface area contributed by atoms with Crippen molar-refractivity contribution in [2.75, 3.05) is 7.11 Å². The minimum Gasteiger partial charge on any atom is -0.465 e. The van der Waals surface area contributed by atoms with Gasteiger partial charge in [0.1, 0.15) is 5.82 Å². The quantitative estimate of drug-likeness (QED) is 0.861. The Morgan fingerprint density at radius 2 is 2.31 bits per heavy atom. The zero-order valence-electron chi connectivity index (χ0n) is 8.53. The number of esters is 1. The van der Waals surface area contributed by atoms with Gasteiger partial charge in [0.05, 0.1) is 12.7 Å². The molecule has 1 N–H and O–H groups in total. The Balaban J connectivity index is 2.41. The first-order valence-corrected chi connectivity index (χ1v) is 5.39. The van der Waals surface area contributed by atoms with Crippen molar-refractivity contribution in [1.29, 1.82) is 0 Å². The van der Waals surface area contributed by atoms with E-state index in [-0.39, 0.29) is 5.97 Å². The molecule has 0 bridgehead atoms. The van der Waals surface area contributed by atoms with Crippen LogP contribution in [-0.2, 0) is 4.74 Å². The van der Waals surface area contributed by atoms with Crippen LogP contribution in [0.3, 0.4) is 0 Å². The summed E-state index contributed by atoms with van der Waals surface area (Å²) in [5.74, 6) is 0.398. The van der Waals surface area contributed by atoms with Crippen LogP contribution in [0.15, 0.2) is 35.1 Å².